The van der Waals surface area contributed by atoms with Crippen LogP contribution in [0.25, 0.3) is 0 Å². The minimum atomic E-state index is -1.13. The number of nitro benzene ring substituents is 1. The maximum Gasteiger partial charge on any atom is 0.371 e. The van der Waals surface area contributed by atoms with E-state index in [1.54, 1.807) is 25.1 Å². The third-order valence-corrected chi connectivity index (χ3v) is 3.29. The number of aryl methyl sites for hydroxylation is 1. The molecule has 0 saturated carbocycles. The summed E-state index contributed by atoms with van der Waals surface area (Å²) in [6.45, 7) is 1.65. The second kappa shape index (κ2) is 5.15. The van der Waals surface area contributed by atoms with Gasteiger partial charge < -0.3 is 9.52 Å². The van der Waals surface area contributed by atoms with Gasteiger partial charge >= 0.3 is 5.97 Å². The van der Waals surface area contributed by atoms with Gasteiger partial charge in [-0.15, -0.1) is 0 Å². The van der Waals surface area contributed by atoms with E-state index >= 15 is 0 Å². The quantitative estimate of drug-likeness (QED) is 0.681. The normalized spacial score (nSPS) is 10.4. The van der Waals surface area contributed by atoms with E-state index in [-0.39, 0.29) is 11.4 Å². The molecule has 0 aliphatic carbocycles. The second-order valence-corrected chi connectivity index (χ2v) is 4.81. The SMILES string of the molecule is Cc1cc(Sc2ccc(C(=O)O)o2)ccc1[N+](=O)[O-]. The van der Waals surface area contributed by atoms with E-state index in [0.29, 0.717) is 10.7 Å². The number of nitro groups is 1. The van der Waals surface area contributed by atoms with Crippen molar-refractivity contribution >= 4 is 23.4 Å². The Labute approximate surface area is 112 Å². The Bertz CT molecular complexity index is 649. The number of rotatable bonds is 4. The van der Waals surface area contributed by atoms with Gasteiger partial charge in [-0.25, -0.2) is 4.79 Å². The van der Waals surface area contributed by atoms with E-state index in [2.05, 4.69) is 0 Å². The average molecular weight is 279 g/mol. The van der Waals surface area contributed by atoms with Crippen LogP contribution >= 0.6 is 11.8 Å². The zero-order chi connectivity index (χ0) is 14.0. The Morgan fingerprint density at radius 1 is 1.37 bits per heavy atom. The largest absolute Gasteiger partial charge is 0.475 e. The van der Waals surface area contributed by atoms with Gasteiger partial charge in [0.2, 0.25) is 5.76 Å². The monoisotopic (exact) mass is 279 g/mol. The molecule has 0 atom stereocenters. The molecule has 0 amide bonds. The summed E-state index contributed by atoms with van der Waals surface area (Å²) in [5.41, 5.74) is 0.593. The van der Waals surface area contributed by atoms with Gasteiger partial charge in [0.25, 0.3) is 5.69 Å². The Kier molecular flexibility index (Phi) is 3.57. The van der Waals surface area contributed by atoms with E-state index in [4.69, 9.17) is 9.52 Å². The van der Waals surface area contributed by atoms with Crippen LogP contribution in [0.3, 0.4) is 0 Å². The molecule has 1 aromatic heterocycles. The molecule has 0 bridgehead atoms. The third-order valence-electron chi connectivity index (χ3n) is 2.38. The first-order valence-electron chi connectivity index (χ1n) is 5.23. The van der Waals surface area contributed by atoms with Crippen molar-refractivity contribution in [3.05, 3.63) is 51.8 Å². The van der Waals surface area contributed by atoms with Crippen LogP contribution in [0.1, 0.15) is 16.1 Å². The van der Waals surface area contributed by atoms with Gasteiger partial charge in [-0.1, -0.05) is 11.8 Å². The predicted octanol–water partition coefficient (Wildman–Crippen LogP) is 3.35. The molecule has 0 aliphatic rings. The van der Waals surface area contributed by atoms with E-state index in [1.165, 1.54) is 23.9 Å². The maximum absolute atomic E-state index is 10.7. The number of carboxylic acid groups (broad SMARTS) is 1. The lowest BCUT2D eigenvalue weighted by Gasteiger charge is -2.01. The van der Waals surface area contributed by atoms with Gasteiger partial charge in [0.15, 0.2) is 5.09 Å². The standard InChI is InChI=1S/C12H9NO5S/c1-7-6-8(2-3-9(7)13(16)17)19-11-5-4-10(18-11)12(14)15/h2-6H,1H3,(H,14,15). The number of hydrogen-bond donors (Lipinski definition) is 1. The molecule has 0 fully saturated rings. The molecule has 0 saturated heterocycles. The molecule has 0 aliphatic heterocycles. The highest BCUT2D eigenvalue weighted by atomic mass is 32.2. The van der Waals surface area contributed by atoms with Crippen LogP contribution in [-0.4, -0.2) is 16.0 Å². The lowest BCUT2D eigenvalue weighted by Crippen LogP contribution is -1.91. The van der Waals surface area contributed by atoms with Gasteiger partial charge in [-0.2, -0.15) is 0 Å². The van der Waals surface area contributed by atoms with Crippen LogP contribution in [0.2, 0.25) is 0 Å². The average Bonchev–Trinajstić information content (AvgIpc) is 2.77. The lowest BCUT2D eigenvalue weighted by atomic mass is 10.2. The maximum atomic E-state index is 10.7. The molecule has 2 rings (SSSR count). The summed E-state index contributed by atoms with van der Waals surface area (Å²) in [6.07, 6.45) is 0. The Balaban J connectivity index is 2.21. The highest BCUT2D eigenvalue weighted by molar-refractivity contribution is 7.99. The molecule has 7 heteroatoms. The molecule has 0 unspecified atom stereocenters. The fourth-order valence-electron chi connectivity index (χ4n) is 1.50. The number of benzene rings is 1. The number of nitrogens with zero attached hydrogens (tertiary/aromatic N) is 1. The van der Waals surface area contributed by atoms with E-state index in [9.17, 15) is 14.9 Å². The molecular weight excluding hydrogens is 270 g/mol. The molecule has 2 aromatic rings. The van der Waals surface area contributed by atoms with Crippen LogP contribution in [0.5, 0.6) is 0 Å². The van der Waals surface area contributed by atoms with Crippen LogP contribution < -0.4 is 0 Å². The first-order valence-corrected chi connectivity index (χ1v) is 6.05. The van der Waals surface area contributed by atoms with Gasteiger partial charge in [0, 0.05) is 16.5 Å². The molecule has 6 nitrogen and oxygen atoms in total. The molecule has 0 radical (unpaired) electrons. The van der Waals surface area contributed by atoms with Crippen LogP contribution in [-0.2, 0) is 0 Å². The third kappa shape index (κ3) is 2.94. The first kappa shape index (κ1) is 13.2. The van der Waals surface area contributed by atoms with Gasteiger partial charge in [0.1, 0.15) is 0 Å². The number of carbonyl (C=O) groups is 1. The minimum absolute atomic E-state index is 0.0509. The van der Waals surface area contributed by atoms with Crippen molar-refractivity contribution in [1.29, 1.82) is 0 Å². The second-order valence-electron chi connectivity index (χ2n) is 3.73. The molecule has 19 heavy (non-hydrogen) atoms. The number of carboxylic acids is 1. The highest BCUT2D eigenvalue weighted by Crippen LogP contribution is 2.32. The molecule has 0 spiro atoms. The highest BCUT2D eigenvalue weighted by Gasteiger charge is 2.13. The summed E-state index contributed by atoms with van der Waals surface area (Å²) in [7, 11) is 0. The van der Waals surface area contributed by atoms with Crippen LogP contribution in [0, 0.1) is 17.0 Å². The smallest absolute Gasteiger partial charge is 0.371 e. The van der Waals surface area contributed by atoms with E-state index in [0.717, 1.165) is 4.90 Å². The number of hydrogen-bond acceptors (Lipinski definition) is 5. The Hall–Kier alpha value is -2.28. The summed E-state index contributed by atoms with van der Waals surface area (Å²) in [4.78, 5) is 21.6. The molecule has 98 valence electrons. The Morgan fingerprint density at radius 2 is 2.11 bits per heavy atom. The van der Waals surface area contributed by atoms with E-state index in [1.807, 2.05) is 0 Å². The van der Waals surface area contributed by atoms with Crippen LogP contribution in [0.4, 0.5) is 5.69 Å². The van der Waals surface area contributed by atoms with Crippen molar-refractivity contribution in [3.63, 3.8) is 0 Å². The summed E-state index contributed by atoms with van der Waals surface area (Å²) >= 11 is 1.21. The van der Waals surface area contributed by atoms with E-state index < -0.39 is 10.9 Å². The van der Waals surface area contributed by atoms with Crippen molar-refractivity contribution in [1.82, 2.24) is 0 Å². The molecular formula is C12H9NO5S. The minimum Gasteiger partial charge on any atom is -0.475 e. The number of aromatic carboxylic acids is 1. The van der Waals surface area contributed by atoms with Crippen molar-refractivity contribution in [3.8, 4) is 0 Å². The molecule has 1 N–H and O–H groups in total. The zero-order valence-electron chi connectivity index (χ0n) is 9.82. The Morgan fingerprint density at radius 3 is 2.63 bits per heavy atom. The molecule has 1 heterocycles. The van der Waals surface area contributed by atoms with Crippen molar-refractivity contribution < 1.29 is 19.2 Å². The molecule has 1 aromatic carbocycles. The van der Waals surface area contributed by atoms with Gasteiger partial charge in [0.05, 0.1) is 4.92 Å². The van der Waals surface area contributed by atoms with Crippen molar-refractivity contribution in [2.75, 3.05) is 0 Å². The fourth-order valence-corrected chi connectivity index (χ4v) is 2.37. The lowest BCUT2D eigenvalue weighted by molar-refractivity contribution is -0.385. The van der Waals surface area contributed by atoms with Crippen LogP contribution in [0.15, 0.2) is 44.7 Å². The van der Waals surface area contributed by atoms with Gasteiger partial charge in [-0.05, 0) is 31.2 Å². The number of furan rings is 1. The topological polar surface area (TPSA) is 93.6 Å². The predicted molar refractivity (Wildman–Crippen MR) is 67.6 cm³/mol. The van der Waals surface area contributed by atoms with Crippen molar-refractivity contribution in [2.45, 2.75) is 16.9 Å². The fraction of sp³-hybridized carbons (Fsp3) is 0.0833. The summed E-state index contributed by atoms with van der Waals surface area (Å²) < 4.78 is 5.10. The summed E-state index contributed by atoms with van der Waals surface area (Å²) in [5.74, 6) is -1.27. The van der Waals surface area contributed by atoms with Gasteiger partial charge in [-0.3, -0.25) is 10.1 Å². The summed E-state index contributed by atoms with van der Waals surface area (Å²) in [5, 5.41) is 19.8. The zero-order valence-corrected chi connectivity index (χ0v) is 10.6. The first-order chi connectivity index (χ1) is 8.97. The van der Waals surface area contributed by atoms with Crippen molar-refractivity contribution in [2.24, 2.45) is 0 Å². The summed E-state index contributed by atoms with van der Waals surface area (Å²) in [6, 6.07) is 7.58.